The van der Waals surface area contributed by atoms with E-state index in [1.807, 2.05) is 6.07 Å². The molecule has 2 nitrogen and oxygen atoms in total. The highest BCUT2D eigenvalue weighted by Crippen LogP contribution is 2.50. The second-order valence-electron chi connectivity index (χ2n) is 5.99. The van der Waals surface area contributed by atoms with Crippen molar-refractivity contribution >= 4 is 11.6 Å². The zero-order valence-electron chi connectivity index (χ0n) is 12.2. The lowest BCUT2D eigenvalue weighted by molar-refractivity contribution is 0.464. The number of benzene rings is 2. The Kier molecular flexibility index (Phi) is 4.29. The molecule has 3 rings (SSSR count). The highest BCUT2D eigenvalue weighted by molar-refractivity contribution is 6.31. The van der Waals surface area contributed by atoms with Crippen molar-refractivity contribution < 1.29 is 0 Å². The molecule has 0 radical (unpaired) electrons. The van der Waals surface area contributed by atoms with E-state index in [9.17, 15) is 0 Å². The maximum atomic E-state index is 6.34. The summed E-state index contributed by atoms with van der Waals surface area (Å²) in [6, 6.07) is 17.2. The first kappa shape index (κ1) is 14.6. The van der Waals surface area contributed by atoms with E-state index in [0.29, 0.717) is 11.8 Å². The van der Waals surface area contributed by atoms with Gasteiger partial charge >= 0.3 is 0 Å². The maximum Gasteiger partial charge on any atom is 0.0441 e. The van der Waals surface area contributed by atoms with Crippen LogP contribution in [-0.4, -0.2) is 6.04 Å². The maximum absolute atomic E-state index is 6.34. The molecule has 0 saturated heterocycles. The van der Waals surface area contributed by atoms with Gasteiger partial charge in [0.15, 0.2) is 0 Å². The highest BCUT2D eigenvalue weighted by atomic mass is 35.5. The number of hydrogen-bond acceptors (Lipinski definition) is 2. The molecule has 1 fully saturated rings. The third kappa shape index (κ3) is 3.29. The topological polar surface area (TPSA) is 38.0 Å². The summed E-state index contributed by atoms with van der Waals surface area (Å²) in [7, 11) is 0. The molecule has 21 heavy (non-hydrogen) atoms. The molecule has 110 valence electrons. The summed E-state index contributed by atoms with van der Waals surface area (Å²) in [6.07, 6.45) is 2.08. The quantitative estimate of drug-likeness (QED) is 0.650. The Bertz CT molecular complexity index is 612. The van der Waals surface area contributed by atoms with E-state index < -0.39 is 0 Å². The second-order valence-corrected chi connectivity index (χ2v) is 6.40. The summed E-state index contributed by atoms with van der Waals surface area (Å²) in [5.41, 5.74) is 6.77. The minimum atomic E-state index is 0.274. The second kappa shape index (κ2) is 6.18. The monoisotopic (exact) mass is 300 g/mol. The molecule has 2 aromatic carbocycles. The third-order valence-corrected chi connectivity index (χ3v) is 4.80. The van der Waals surface area contributed by atoms with E-state index >= 15 is 0 Å². The van der Waals surface area contributed by atoms with Crippen molar-refractivity contribution in [1.29, 1.82) is 0 Å². The van der Waals surface area contributed by atoms with Gasteiger partial charge < -0.3 is 0 Å². The lowest BCUT2D eigenvalue weighted by atomic mass is 9.98. The number of aryl methyl sites for hydroxylation is 1. The molecule has 3 N–H and O–H groups in total. The van der Waals surface area contributed by atoms with E-state index in [1.54, 1.807) is 0 Å². The van der Waals surface area contributed by atoms with Crippen LogP contribution in [0.25, 0.3) is 0 Å². The first-order valence-electron chi connectivity index (χ1n) is 7.45. The van der Waals surface area contributed by atoms with Crippen molar-refractivity contribution in [3.63, 3.8) is 0 Å². The molecule has 2 aromatic rings. The van der Waals surface area contributed by atoms with Crippen LogP contribution in [0.15, 0.2) is 48.5 Å². The van der Waals surface area contributed by atoms with E-state index in [2.05, 4.69) is 54.8 Å². The normalized spacial score (nSPS) is 22.0. The molecule has 3 unspecified atom stereocenters. The van der Waals surface area contributed by atoms with Crippen molar-refractivity contribution in [2.24, 2.45) is 11.8 Å². The smallest absolute Gasteiger partial charge is 0.0441 e. The van der Waals surface area contributed by atoms with E-state index in [0.717, 1.165) is 11.4 Å². The van der Waals surface area contributed by atoms with Gasteiger partial charge in [-0.1, -0.05) is 54.1 Å². The zero-order valence-corrected chi connectivity index (χ0v) is 13.0. The average Bonchev–Trinajstić information content (AvgIpc) is 3.28. The summed E-state index contributed by atoms with van der Waals surface area (Å²) in [5, 5.41) is 0.840. The number of nitrogens with one attached hydrogen (secondary N) is 1. The largest absolute Gasteiger partial charge is 0.271 e. The van der Waals surface area contributed by atoms with Gasteiger partial charge in [-0.05, 0) is 54.4 Å². The van der Waals surface area contributed by atoms with Crippen LogP contribution in [0, 0.1) is 12.8 Å². The Balaban J connectivity index is 1.70. The van der Waals surface area contributed by atoms with Gasteiger partial charge in [0.2, 0.25) is 0 Å². The Labute approximate surface area is 131 Å². The van der Waals surface area contributed by atoms with Crippen molar-refractivity contribution in [2.75, 3.05) is 0 Å². The van der Waals surface area contributed by atoms with Gasteiger partial charge in [0.05, 0.1) is 0 Å². The standard InChI is InChI=1S/C18H21ClN2/c1-12-7-8-14(17(19)9-12)10-18(21-20)16-11-15(16)13-5-3-2-4-6-13/h2-9,15-16,18,21H,10-11,20H2,1H3. The fourth-order valence-corrected chi connectivity index (χ4v) is 3.44. The molecular formula is C18H21ClN2. The lowest BCUT2D eigenvalue weighted by Crippen LogP contribution is -2.39. The van der Waals surface area contributed by atoms with Gasteiger partial charge in [-0.2, -0.15) is 0 Å². The van der Waals surface area contributed by atoms with Crippen LogP contribution < -0.4 is 11.3 Å². The Morgan fingerprint density at radius 1 is 1.24 bits per heavy atom. The molecule has 1 saturated carbocycles. The van der Waals surface area contributed by atoms with E-state index in [-0.39, 0.29) is 6.04 Å². The van der Waals surface area contributed by atoms with Crippen LogP contribution in [0.4, 0.5) is 0 Å². The van der Waals surface area contributed by atoms with E-state index in [4.69, 9.17) is 17.4 Å². The van der Waals surface area contributed by atoms with Crippen molar-refractivity contribution in [3.8, 4) is 0 Å². The number of rotatable bonds is 5. The van der Waals surface area contributed by atoms with Crippen molar-refractivity contribution in [2.45, 2.75) is 31.7 Å². The summed E-state index contributed by atoms with van der Waals surface area (Å²) in [5.74, 6) is 7.00. The molecular weight excluding hydrogens is 280 g/mol. The number of halogens is 1. The SMILES string of the molecule is Cc1ccc(CC(NN)C2CC2c2ccccc2)c(Cl)c1. The fraction of sp³-hybridized carbons (Fsp3) is 0.333. The van der Waals surface area contributed by atoms with Crippen LogP contribution in [-0.2, 0) is 6.42 Å². The van der Waals surface area contributed by atoms with Crippen LogP contribution in [0.2, 0.25) is 5.02 Å². The highest BCUT2D eigenvalue weighted by Gasteiger charge is 2.43. The van der Waals surface area contributed by atoms with E-state index in [1.165, 1.54) is 23.1 Å². The molecule has 1 aliphatic carbocycles. The Hall–Kier alpha value is -1.35. The molecule has 1 aliphatic rings. The molecule has 0 spiro atoms. The Morgan fingerprint density at radius 3 is 2.67 bits per heavy atom. The lowest BCUT2D eigenvalue weighted by Gasteiger charge is -2.17. The first-order chi connectivity index (χ1) is 10.2. The van der Waals surface area contributed by atoms with Gasteiger partial charge in [-0.3, -0.25) is 11.3 Å². The number of hydrazine groups is 1. The number of hydrogen-bond donors (Lipinski definition) is 2. The van der Waals surface area contributed by atoms with Gasteiger partial charge in [0.25, 0.3) is 0 Å². The first-order valence-corrected chi connectivity index (χ1v) is 7.83. The predicted molar refractivity (Wildman–Crippen MR) is 88.3 cm³/mol. The predicted octanol–water partition coefficient (Wildman–Crippen LogP) is 3.83. The summed E-state index contributed by atoms with van der Waals surface area (Å²) in [4.78, 5) is 0. The molecule has 3 atom stereocenters. The van der Waals surface area contributed by atoms with Gasteiger partial charge in [-0.15, -0.1) is 0 Å². The molecule has 0 bridgehead atoms. The Morgan fingerprint density at radius 2 is 2.00 bits per heavy atom. The fourth-order valence-electron chi connectivity index (χ4n) is 3.13. The minimum Gasteiger partial charge on any atom is -0.271 e. The van der Waals surface area contributed by atoms with Crippen molar-refractivity contribution in [3.05, 3.63) is 70.2 Å². The van der Waals surface area contributed by atoms with Gasteiger partial charge in [-0.25, -0.2) is 0 Å². The van der Waals surface area contributed by atoms with Crippen LogP contribution in [0.5, 0.6) is 0 Å². The number of nitrogens with two attached hydrogens (primary N) is 1. The van der Waals surface area contributed by atoms with Gasteiger partial charge in [0.1, 0.15) is 0 Å². The van der Waals surface area contributed by atoms with Crippen LogP contribution >= 0.6 is 11.6 Å². The molecule has 3 heteroatoms. The average molecular weight is 301 g/mol. The molecule has 0 amide bonds. The minimum absolute atomic E-state index is 0.274. The van der Waals surface area contributed by atoms with Crippen LogP contribution in [0.3, 0.4) is 0 Å². The zero-order chi connectivity index (χ0) is 14.8. The van der Waals surface area contributed by atoms with Crippen molar-refractivity contribution in [1.82, 2.24) is 5.43 Å². The molecule has 0 aliphatic heterocycles. The van der Waals surface area contributed by atoms with Crippen LogP contribution in [0.1, 0.15) is 29.0 Å². The molecule has 0 heterocycles. The summed E-state index contributed by atoms with van der Waals surface area (Å²) < 4.78 is 0. The third-order valence-electron chi connectivity index (χ3n) is 4.45. The van der Waals surface area contributed by atoms with Gasteiger partial charge in [0, 0.05) is 11.1 Å². The summed E-state index contributed by atoms with van der Waals surface area (Å²) >= 11 is 6.34. The molecule has 0 aromatic heterocycles. The summed E-state index contributed by atoms with van der Waals surface area (Å²) in [6.45, 7) is 2.06.